The molecule has 19 heavy (non-hydrogen) atoms. The molecule has 0 bridgehead atoms. The van der Waals surface area contributed by atoms with Crippen molar-refractivity contribution in [2.75, 3.05) is 6.61 Å². The average molecular weight is 263 g/mol. The maximum atomic E-state index is 11.8. The number of hydrogen-bond acceptors (Lipinski definition) is 3. The first-order valence-corrected chi connectivity index (χ1v) is 6.55. The van der Waals surface area contributed by atoms with Crippen LogP contribution in [0.5, 0.6) is 0 Å². The van der Waals surface area contributed by atoms with Crippen molar-refractivity contribution in [2.24, 2.45) is 5.92 Å². The number of esters is 1. The Balaban J connectivity index is 2.45. The lowest BCUT2D eigenvalue weighted by atomic mass is 10.1. The fourth-order valence-electron chi connectivity index (χ4n) is 1.77. The second kappa shape index (κ2) is 7.56. The SMILES string of the molecule is CCOC(=O)C(C)CC(=O)N[C@H](C)c1ccccc1. The van der Waals surface area contributed by atoms with Crippen LogP contribution in [0.25, 0.3) is 0 Å². The van der Waals surface area contributed by atoms with Gasteiger partial charge < -0.3 is 10.1 Å². The molecule has 0 aliphatic carbocycles. The van der Waals surface area contributed by atoms with Gasteiger partial charge in [0.2, 0.25) is 5.91 Å². The normalized spacial score (nSPS) is 13.4. The van der Waals surface area contributed by atoms with E-state index in [1.54, 1.807) is 13.8 Å². The van der Waals surface area contributed by atoms with Crippen molar-refractivity contribution >= 4 is 11.9 Å². The van der Waals surface area contributed by atoms with E-state index in [1.165, 1.54) is 0 Å². The lowest BCUT2D eigenvalue weighted by molar-refractivity contribution is -0.149. The van der Waals surface area contributed by atoms with Crippen molar-refractivity contribution in [3.8, 4) is 0 Å². The van der Waals surface area contributed by atoms with Crippen molar-refractivity contribution in [1.29, 1.82) is 0 Å². The molecule has 0 saturated carbocycles. The Bertz CT molecular complexity index is 417. The van der Waals surface area contributed by atoms with Gasteiger partial charge in [-0.3, -0.25) is 9.59 Å². The van der Waals surface area contributed by atoms with Crippen LogP contribution in [0.3, 0.4) is 0 Å². The minimum Gasteiger partial charge on any atom is -0.466 e. The van der Waals surface area contributed by atoms with E-state index in [-0.39, 0.29) is 24.3 Å². The highest BCUT2D eigenvalue weighted by Gasteiger charge is 2.19. The Morgan fingerprint density at radius 2 is 1.84 bits per heavy atom. The third-order valence-corrected chi connectivity index (χ3v) is 2.86. The molecule has 4 nitrogen and oxygen atoms in total. The highest BCUT2D eigenvalue weighted by molar-refractivity contribution is 5.83. The monoisotopic (exact) mass is 263 g/mol. The second-order valence-electron chi connectivity index (χ2n) is 4.56. The first kappa shape index (κ1) is 15.2. The molecule has 0 saturated heterocycles. The Kier molecular flexibility index (Phi) is 6.06. The molecule has 0 aliphatic heterocycles. The first-order chi connectivity index (χ1) is 9.04. The summed E-state index contributed by atoms with van der Waals surface area (Å²) in [5.41, 5.74) is 1.04. The largest absolute Gasteiger partial charge is 0.466 e. The summed E-state index contributed by atoms with van der Waals surface area (Å²) in [7, 11) is 0. The summed E-state index contributed by atoms with van der Waals surface area (Å²) in [6.07, 6.45) is 0.149. The minimum atomic E-state index is -0.414. The van der Waals surface area contributed by atoms with E-state index in [1.807, 2.05) is 37.3 Å². The molecule has 4 heteroatoms. The third-order valence-electron chi connectivity index (χ3n) is 2.86. The quantitative estimate of drug-likeness (QED) is 0.802. The van der Waals surface area contributed by atoms with Gasteiger partial charge in [0.05, 0.1) is 18.6 Å². The summed E-state index contributed by atoms with van der Waals surface area (Å²) in [4.78, 5) is 23.3. The maximum Gasteiger partial charge on any atom is 0.309 e. The smallest absolute Gasteiger partial charge is 0.309 e. The van der Waals surface area contributed by atoms with Crippen LogP contribution in [-0.4, -0.2) is 18.5 Å². The molecule has 1 N–H and O–H groups in total. The standard InChI is InChI=1S/C15H21NO3/c1-4-19-15(18)11(2)10-14(17)16-12(3)13-8-6-5-7-9-13/h5-9,11-12H,4,10H2,1-3H3,(H,16,17)/t11?,12-/m1/s1. The van der Waals surface area contributed by atoms with Crippen LogP contribution in [0, 0.1) is 5.92 Å². The van der Waals surface area contributed by atoms with Gasteiger partial charge in [0, 0.05) is 6.42 Å². The highest BCUT2D eigenvalue weighted by atomic mass is 16.5. The molecule has 1 aromatic rings. The summed E-state index contributed by atoms with van der Waals surface area (Å²) < 4.78 is 4.88. The van der Waals surface area contributed by atoms with Crippen molar-refractivity contribution < 1.29 is 14.3 Å². The number of nitrogens with one attached hydrogen (secondary N) is 1. The van der Waals surface area contributed by atoms with Crippen molar-refractivity contribution in [2.45, 2.75) is 33.2 Å². The maximum absolute atomic E-state index is 11.8. The minimum absolute atomic E-state index is 0.0666. The second-order valence-corrected chi connectivity index (χ2v) is 4.56. The van der Waals surface area contributed by atoms with Crippen LogP contribution in [-0.2, 0) is 14.3 Å². The zero-order valence-electron chi connectivity index (χ0n) is 11.7. The molecule has 0 spiro atoms. The van der Waals surface area contributed by atoms with Gasteiger partial charge in [0.15, 0.2) is 0 Å². The van der Waals surface area contributed by atoms with Crippen molar-refractivity contribution in [3.63, 3.8) is 0 Å². The highest BCUT2D eigenvalue weighted by Crippen LogP contribution is 2.12. The Morgan fingerprint density at radius 3 is 2.42 bits per heavy atom. The van der Waals surface area contributed by atoms with Gasteiger partial charge >= 0.3 is 5.97 Å². The van der Waals surface area contributed by atoms with Gasteiger partial charge in [-0.15, -0.1) is 0 Å². The molecule has 1 unspecified atom stereocenters. The zero-order valence-corrected chi connectivity index (χ0v) is 11.7. The van der Waals surface area contributed by atoms with Crippen molar-refractivity contribution in [3.05, 3.63) is 35.9 Å². The number of rotatable bonds is 6. The van der Waals surface area contributed by atoms with Crippen LogP contribution in [0.4, 0.5) is 0 Å². The predicted octanol–water partition coefficient (Wildman–Crippen LogP) is 2.45. The van der Waals surface area contributed by atoms with E-state index in [2.05, 4.69) is 5.32 Å². The molecule has 1 aromatic carbocycles. The Labute approximate surface area is 114 Å². The molecular formula is C15H21NO3. The van der Waals surface area contributed by atoms with E-state index in [0.29, 0.717) is 6.61 Å². The Hall–Kier alpha value is -1.84. The molecule has 0 radical (unpaired) electrons. The van der Waals surface area contributed by atoms with E-state index in [4.69, 9.17) is 4.74 Å². The van der Waals surface area contributed by atoms with Crippen LogP contribution in [0.15, 0.2) is 30.3 Å². The van der Waals surface area contributed by atoms with E-state index in [9.17, 15) is 9.59 Å². The fourth-order valence-corrected chi connectivity index (χ4v) is 1.77. The topological polar surface area (TPSA) is 55.4 Å². The van der Waals surface area contributed by atoms with Crippen LogP contribution in [0.2, 0.25) is 0 Å². The molecule has 0 aromatic heterocycles. The molecule has 2 atom stereocenters. The summed E-state index contributed by atoms with van der Waals surface area (Å²) in [5, 5.41) is 2.88. The van der Waals surface area contributed by atoms with Crippen LogP contribution >= 0.6 is 0 Å². The zero-order chi connectivity index (χ0) is 14.3. The van der Waals surface area contributed by atoms with Crippen LogP contribution in [0.1, 0.15) is 38.8 Å². The lowest BCUT2D eigenvalue weighted by Gasteiger charge is -2.16. The van der Waals surface area contributed by atoms with Gasteiger partial charge in [-0.25, -0.2) is 0 Å². The molecule has 1 amide bonds. The van der Waals surface area contributed by atoms with Gasteiger partial charge in [0.1, 0.15) is 0 Å². The third kappa shape index (κ3) is 5.12. The predicted molar refractivity (Wildman–Crippen MR) is 73.4 cm³/mol. The van der Waals surface area contributed by atoms with Crippen LogP contribution < -0.4 is 5.32 Å². The molecule has 104 valence electrons. The number of benzene rings is 1. The summed E-state index contributed by atoms with van der Waals surface area (Å²) in [6, 6.07) is 9.64. The first-order valence-electron chi connectivity index (χ1n) is 6.55. The number of amides is 1. The number of carbonyl (C=O) groups is 2. The fraction of sp³-hybridized carbons (Fsp3) is 0.467. The molecule has 1 rings (SSSR count). The molecule has 0 heterocycles. The van der Waals surface area contributed by atoms with E-state index in [0.717, 1.165) is 5.56 Å². The number of carbonyl (C=O) groups excluding carboxylic acids is 2. The van der Waals surface area contributed by atoms with Gasteiger partial charge in [0.25, 0.3) is 0 Å². The Morgan fingerprint density at radius 1 is 1.21 bits per heavy atom. The summed E-state index contributed by atoms with van der Waals surface area (Å²) in [6.45, 7) is 5.71. The van der Waals surface area contributed by atoms with E-state index >= 15 is 0 Å². The van der Waals surface area contributed by atoms with Gasteiger partial charge in [-0.1, -0.05) is 37.3 Å². The molecular weight excluding hydrogens is 242 g/mol. The number of ether oxygens (including phenoxy) is 1. The van der Waals surface area contributed by atoms with Gasteiger partial charge in [-0.05, 0) is 19.4 Å². The molecule has 0 aliphatic rings. The van der Waals surface area contributed by atoms with Gasteiger partial charge in [-0.2, -0.15) is 0 Å². The lowest BCUT2D eigenvalue weighted by Crippen LogP contribution is -2.30. The summed E-state index contributed by atoms with van der Waals surface area (Å²) in [5.74, 6) is -0.884. The van der Waals surface area contributed by atoms with E-state index < -0.39 is 5.92 Å². The van der Waals surface area contributed by atoms with Crippen molar-refractivity contribution in [1.82, 2.24) is 5.32 Å². The molecule has 0 fully saturated rings. The average Bonchev–Trinajstić information content (AvgIpc) is 2.39. The summed E-state index contributed by atoms with van der Waals surface area (Å²) >= 11 is 0. The number of hydrogen-bond donors (Lipinski definition) is 1.